The van der Waals surface area contributed by atoms with Gasteiger partial charge in [-0.3, -0.25) is 0 Å². The Bertz CT molecular complexity index is 2470. The van der Waals surface area contributed by atoms with Crippen LogP contribution in [0.1, 0.15) is 50.9 Å². The average Bonchev–Trinajstić information content (AvgIpc) is 3.98. The molecule has 3 N–H and O–H groups in total. The summed E-state index contributed by atoms with van der Waals surface area (Å²) in [6, 6.07) is 55.7. The third-order valence-electron chi connectivity index (χ3n) is 9.28. The number of hydrogen-bond donors (Lipinski definition) is 3. The molecule has 4 heteroatoms. The van der Waals surface area contributed by atoms with Gasteiger partial charge in [0.1, 0.15) is 0 Å². The quantitative estimate of drug-likeness (QED) is 0.179. The Morgan fingerprint density at radius 3 is 1.46 bits per heavy atom. The van der Waals surface area contributed by atoms with Gasteiger partial charge in [0.2, 0.25) is 0 Å². The monoisotopic (exact) mass is 616 g/mol. The van der Waals surface area contributed by atoms with Gasteiger partial charge in [0.05, 0.1) is 17.3 Å². The third-order valence-corrected chi connectivity index (χ3v) is 9.28. The molecule has 0 saturated heterocycles. The van der Waals surface area contributed by atoms with E-state index in [1.807, 2.05) is 0 Å². The number of aromatic nitrogens is 3. The van der Waals surface area contributed by atoms with Crippen LogP contribution < -0.4 is 10.7 Å². The molecule has 1 atom stereocenters. The van der Waals surface area contributed by atoms with Crippen LogP contribution in [-0.4, -0.2) is 20.7 Å². The average molecular weight is 617 g/mol. The summed E-state index contributed by atoms with van der Waals surface area (Å²) in [5.74, 6) is -0.0314. The fraction of sp³-hybridized carbons (Fsp3) is 0.0227. The zero-order valence-electron chi connectivity index (χ0n) is 26.2. The summed E-state index contributed by atoms with van der Waals surface area (Å²) in [4.78, 5) is 16.9. The van der Waals surface area contributed by atoms with Crippen molar-refractivity contribution in [3.05, 3.63) is 231 Å². The van der Waals surface area contributed by atoms with E-state index >= 15 is 0 Å². The van der Waals surface area contributed by atoms with E-state index in [4.69, 9.17) is 4.99 Å². The molecule has 5 heterocycles. The Balaban J connectivity index is 1.40. The molecule has 9 rings (SSSR count). The molecule has 0 radical (unpaired) electrons. The lowest BCUT2D eigenvalue weighted by atomic mass is 9.93. The molecule has 0 amide bonds. The van der Waals surface area contributed by atoms with Gasteiger partial charge in [0.25, 0.3) is 0 Å². The smallest absolute Gasteiger partial charge is 0.0737 e. The van der Waals surface area contributed by atoms with Gasteiger partial charge in [0, 0.05) is 50.2 Å². The molecule has 7 aromatic rings. The number of aromatic amines is 3. The summed E-state index contributed by atoms with van der Waals surface area (Å²) in [5, 5.41) is 2.05. The van der Waals surface area contributed by atoms with Gasteiger partial charge in [-0.1, -0.05) is 121 Å². The first-order chi connectivity index (χ1) is 23.8. The first-order valence-corrected chi connectivity index (χ1v) is 16.3. The Kier molecular flexibility index (Phi) is 6.83. The molecule has 2 aliphatic heterocycles. The lowest BCUT2D eigenvalue weighted by Crippen LogP contribution is -2.19. The molecule has 0 saturated carbocycles. The van der Waals surface area contributed by atoms with Gasteiger partial charge < -0.3 is 15.0 Å². The zero-order chi connectivity index (χ0) is 31.9. The summed E-state index contributed by atoms with van der Waals surface area (Å²) in [5.41, 5.74) is 13.9. The van der Waals surface area contributed by atoms with E-state index in [0.29, 0.717) is 0 Å². The maximum atomic E-state index is 5.36. The number of nitrogens with one attached hydrogen (secondary N) is 3. The molecular weight excluding hydrogens is 585 g/mol. The van der Waals surface area contributed by atoms with Crippen molar-refractivity contribution in [3.63, 3.8) is 0 Å². The minimum atomic E-state index is -0.0314. The highest BCUT2D eigenvalue weighted by Crippen LogP contribution is 2.36. The zero-order valence-corrected chi connectivity index (χ0v) is 26.2. The Morgan fingerprint density at radius 2 is 0.875 bits per heavy atom. The molecule has 4 nitrogen and oxygen atoms in total. The van der Waals surface area contributed by atoms with Crippen molar-refractivity contribution in [1.29, 1.82) is 0 Å². The number of rotatable bonds is 4. The highest BCUT2D eigenvalue weighted by molar-refractivity contribution is 6.30. The van der Waals surface area contributed by atoms with Crippen molar-refractivity contribution in [3.8, 4) is 0 Å². The number of H-pyrrole nitrogens is 3. The maximum Gasteiger partial charge on any atom is 0.0737 e. The number of allylic oxidation sites excluding steroid dienone is 2. The highest BCUT2D eigenvalue weighted by atomic mass is 14.8. The summed E-state index contributed by atoms with van der Waals surface area (Å²) in [7, 11) is 0. The number of fused-ring (bicyclic) bond motifs is 7. The molecule has 8 bridgehead atoms. The van der Waals surface area contributed by atoms with Crippen LogP contribution in [0.3, 0.4) is 0 Å². The van der Waals surface area contributed by atoms with Crippen molar-refractivity contribution in [2.45, 2.75) is 5.92 Å². The van der Waals surface area contributed by atoms with Crippen molar-refractivity contribution in [2.75, 3.05) is 0 Å². The second-order valence-electron chi connectivity index (χ2n) is 12.2. The number of hydrogen-bond acceptors (Lipinski definition) is 1. The molecule has 1 unspecified atom stereocenters. The molecule has 2 aliphatic rings. The van der Waals surface area contributed by atoms with Crippen LogP contribution in [0.4, 0.5) is 0 Å². The SMILES string of the molecule is C1=CC2=C(c3ccccc3)c3ccc([nH]3)C(c3ccccc3)c3ccc([nH]3)C(c3ccccc3)=c3ccc([nH]3)=C(c3ccccc3)C1=N2. The van der Waals surface area contributed by atoms with E-state index in [2.05, 4.69) is 185 Å². The van der Waals surface area contributed by atoms with Gasteiger partial charge in [-0.05, 0) is 70.8 Å². The van der Waals surface area contributed by atoms with Gasteiger partial charge >= 0.3 is 0 Å². The molecule has 228 valence electrons. The first kappa shape index (κ1) is 27.9. The largest absolute Gasteiger partial charge is 0.357 e. The van der Waals surface area contributed by atoms with E-state index in [0.717, 1.165) is 78.3 Å². The van der Waals surface area contributed by atoms with Crippen LogP contribution in [0.5, 0.6) is 0 Å². The van der Waals surface area contributed by atoms with Crippen molar-refractivity contribution < 1.29 is 0 Å². The summed E-state index contributed by atoms with van der Waals surface area (Å²) < 4.78 is 0. The molecule has 0 fully saturated rings. The first-order valence-electron chi connectivity index (χ1n) is 16.3. The highest BCUT2D eigenvalue weighted by Gasteiger charge is 2.24. The van der Waals surface area contributed by atoms with Crippen LogP contribution in [0, 0.1) is 0 Å². The Morgan fingerprint density at radius 1 is 0.396 bits per heavy atom. The van der Waals surface area contributed by atoms with Gasteiger partial charge in [-0.25, -0.2) is 4.99 Å². The fourth-order valence-corrected chi connectivity index (χ4v) is 7.11. The van der Waals surface area contributed by atoms with Gasteiger partial charge in [-0.2, -0.15) is 0 Å². The van der Waals surface area contributed by atoms with Crippen molar-refractivity contribution in [2.24, 2.45) is 4.99 Å². The van der Waals surface area contributed by atoms with Crippen LogP contribution in [0.15, 0.2) is 181 Å². The van der Waals surface area contributed by atoms with Crippen LogP contribution in [0.25, 0.3) is 16.7 Å². The topological polar surface area (TPSA) is 59.7 Å². The van der Waals surface area contributed by atoms with E-state index in [1.54, 1.807) is 0 Å². The number of aliphatic imine (C=N–C) groups is 1. The van der Waals surface area contributed by atoms with E-state index in [-0.39, 0.29) is 5.92 Å². The Labute approximate surface area is 278 Å². The number of nitrogens with zero attached hydrogens (tertiary/aromatic N) is 1. The van der Waals surface area contributed by atoms with Crippen LogP contribution in [-0.2, 0) is 0 Å². The second-order valence-corrected chi connectivity index (χ2v) is 12.2. The van der Waals surface area contributed by atoms with E-state index < -0.39 is 0 Å². The minimum absolute atomic E-state index is 0.0314. The van der Waals surface area contributed by atoms with Gasteiger partial charge in [-0.15, -0.1) is 0 Å². The standard InChI is InChI=1S/C44H32N4/c1-5-13-29(14-6-1)41-33-21-23-35(45-33)42(30-15-7-2-8-16-30)37-25-27-39(47-37)44(32-19-11-4-12-20-32)40-28-26-38(48-40)43(31-17-9-3-10-18-31)36-24-22-34(41)46-36/h1-28,41,45-47H. The van der Waals surface area contributed by atoms with Gasteiger partial charge in [0.15, 0.2) is 0 Å². The second kappa shape index (κ2) is 11.8. The lowest BCUT2D eigenvalue weighted by Gasteiger charge is -2.16. The van der Waals surface area contributed by atoms with Crippen molar-refractivity contribution >= 4 is 22.4 Å². The third kappa shape index (κ3) is 4.91. The normalized spacial score (nSPS) is 15.6. The minimum Gasteiger partial charge on any atom is -0.357 e. The van der Waals surface area contributed by atoms with Crippen molar-refractivity contribution in [1.82, 2.24) is 15.0 Å². The summed E-state index contributed by atoms with van der Waals surface area (Å²) in [6.07, 6.45) is 4.30. The predicted octanol–water partition coefficient (Wildman–Crippen LogP) is 8.08. The number of benzene rings is 4. The molecule has 3 aromatic heterocycles. The van der Waals surface area contributed by atoms with Crippen LogP contribution >= 0.6 is 0 Å². The molecule has 0 aliphatic carbocycles. The summed E-state index contributed by atoms with van der Waals surface area (Å²) in [6.45, 7) is 0. The molecular formula is C44H32N4. The maximum absolute atomic E-state index is 5.36. The predicted molar refractivity (Wildman–Crippen MR) is 195 cm³/mol. The van der Waals surface area contributed by atoms with Crippen LogP contribution in [0.2, 0.25) is 0 Å². The Hall–Kier alpha value is -6.39. The molecule has 0 spiro atoms. The summed E-state index contributed by atoms with van der Waals surface area (Å²) >= 11 is 0. The lowest BCUT2D eigenvalue weighted by molar-refractivity contribution is 0.893. The molecule has 4 aromatic carbocycles. The fourth-order valence-electron chi connectivity index (χ4n) is 7.11. The molecule has 48 heavy (non-hydrogen) atoms. The van der Waals surface area contributed by atoms with E-state index in [1.165, 1.54) is 5.56 Å². The van der Waals surface area contributed by atoms with E-state index in [9.17, 15) is 0 Å².